The van der Waals surface area contributed by atoms with Gasteiger partial charge < -0.3 is 9.72 Å². The van der Waals surface area contributed by atoms with E-state index in [1.54, 1.807) is 31.4 Å². The number of aromatic amines is 1. The van der Waals surface area contributed by atoms with Crippen LogP contribution >= 0.6 is 15.9 Å². The number of hydrazone groups is 1. The van der Waals surface area contributed by atoms with E-state index in [0.717, 1.165) is 19.8 Å². The summed E-state index contributed by atoms with van der Waals surface area (Å²) in [6, 6.07) is 30.0. The van der Waals surface area contributed by atoms with Crippen molar-refractivity contribution in [3.8, 4) is 16.9 Å². The molecule has 7 nitrogen and oxygen atoms in total. The van der Waals surface area contributed by atoms with Crippen LogP contribution in [0.1, 0.15) is 23.6 Å². The second-order valence-corrected chi connectivity index (χ2v) is 12.1. The molecule has 1 aromatic heterocycles. The summed E-state index contributed by atoms with van der Waals surface area (Å²) < 4.78 is 35.5. The zero-order valence-electron chi connectivity index (χ0n) is 21.4. The van der Waals surface area contributed by atoms with Crippen LogP contribution in [0.3, 0.4) is 0 Å². The Hall–Kier alpha value is -4.21. The van der Waals surface area contributed by atoms with Crippen LogP contribution in [0.15, 0.2) is 122 Å². The lowest BCUT2D eigenvalue weighted by molar-refractivity contribution is 0.350. The van der Waals surface area contributed by atoms with Crippen LogP contribution in [0.4, 0.5) is 0 Å². The van der Waals surface area contributed by atoms with Crippen LogP contribution in [0.25, 0.3) is 22.0 Å². The number of rotatable bonds is 6. The molecule has 4 aromatic carbocycles. The molecule has 9 heteroatoms. The number of fused-ring (bicyclic) bond motifs is 1. The van der Waals surface area contributed by atoms with Gasteiger partial charge in [0, 0.05) is 32.9 Å². The molecule has 0 saturated heterocycles. The lowest BCUT2D eigenvalue weighted by Crippen LogP contribution is -2.27. The third-order valence-electron chi connectivity index (χ3n) is 6.99. The average molecular weight is 615 g/mol. The van der Waals surface area contributed by atoms with Crippen LogP contribution in [0.5, 0.6) is 5.75 Å². The van der Waals surface area contributed by atoms with Crippen LogP contribution in [-0.4, -0.2) is 30.6 Å². The Kier molecular flexibility index (Phi) is 6.77. The number of benzene rings is 4. The summed E-state index contributed by atoms with van der Waals surface area (Å²) in [5.74, 6) is 0.539. The Balaban J connectivity index is 1.62. The van der Waals surface area contributed by atoms with Gasteiger partial charge >= 0.3 is 0 Å². The molecule has 1 aliphatic rings. The van der Waals surface area contributed by atoms with E-state index in [1.807, 2.05) is 66.7 Å². The van der Waals surface area contributed by atoms with E-state index in [4.69, 9.17) is 9.84 Å². The van der Waals surface area contributed by atoms with E-state index >= 15 is 0 Å². The van der Waals surface area contributed by atoms with Crippen molar-refractivity contribution in [3.63, 3.8) is 0 Å². The van der Waals surface area contributed by atoms with Gasteiger partial charge in [0.15, 0.2) is 0 Å². The van der Waals surface area contributed by atoms with Gasteiger partial charge in [-0.1, -0.05) is 82.7 Å². The Labute approximate surface area is 239 Å². The molecule has 0 fully saturated rings. The van der Waals surface area contributed by atoms with Crippen molar-refractivity contribution < 1.29 is 13.2 Å². The van der Waals surface area contributed by atoms with Gasteiger partial charge in [0.2, 0.25) is 0 Å². The van der Waals surface area contributed by atoms with Crippen molar-refractivity contribution >= 4 is 42.6 Å². The Morgan fingerprint density at radius 1 is 0.900 bits per heavy atom. The SMILES string of the molecule is COc1ccccc1[C@H]1CC(c2c(-c3ccccc3)c3cc(Br)ccc3[nH]c2=O)=NN1S(=O)(=O)c1ccccc1. The summed E-state index contributed by atoms with van der Waals surface area (Å²) in [6.45, 7) is 0. The molecule has 0 aliphatic carbocycles. The maximum absolute atomic E-state index is 14.0. The number of H-pyrrole nitrogens is 1. The van der Waals surface area contributed by atoms with Crippen molar-refractivity contribution in [1.29, 1.82) is 0 Å². The number of methoxy groups -OCH3 is 1. The molecular formula is C31H24BrN3O4S. The highest BCUT2D eigenvalue weighted by Crippen LogP contribution is 2.42. The predicted molar refractivity (Wildman–Crippen MR) is 160 cm³/mol. The highest BCUT2D eigenvalue weighted by atomic mass is 79.9. The first kappa shape index (κ1) is 26.0. The third kappa shape index (κ3) is 4.51. The third-order valence-corrected chi connectivity index (χ3v) is 9.17. The zero-order chi connectivity index (χ0) is 27.9. The van der Waals surface area contributed by atoms with Gasteiger partial charge in [0.05, 0.1) is 29.3 Å². The minimum atomic E-state index is -4.07. The quantitative estimate of drug-likeness (QED) is 0.236. The molecule has 1 N–H and O–H groups in total. The topological polar surface area (TPSA) is 91.8 Å². The molecule has 0 bridgehead atoms. The van der Waals surface area contributed by atoms with Gasteiger partial charge in [-0.25, -0.2) is 0 Å². The standard InChI is InChI=1S/C31H24BrN3O4S/c1-39-28-15-9-8-14-23(28)27-19-26(34-35(27)40(37,38)22-12-6-3-7-13-22)30-29(20-10-4-2-5-11-20)24-18-21(32)16-17-25(24)33-31(30)36/h2-18,27H,19H2,1H3,(H,33,36)/t27-/m1/s1. The fraction of sp³-hybridized carbons (Fsp3) is 0.0968. The Morgan fingerprint density at radius 3 is 2.30 bits per heavy atom. The highest BCUT2D eigenvalue weighted by Gasteiger charge is 2.40. The number of nitrogens with zero attached hydrogens (tertiary/aromatic N) is 2. The first-order valence-electron chi connectivity index (χ1n) is 12.6. The first-order chi connectivity index (χ1) is 19.4. The number of aromatic nitrogens is 1. The molecule has 0 radical (unpaired) electrons. The number of para-hydroxylation sites is 1. The second kappa shape index (κ2) is 10.4. The van der Waals surface area contributed by atoms with E-state index in [9.17, 15) is 13.2 Å². The van der Waals surface area contributed by atoms with Gasteiger partial charge in [-0.2, -0.15) is 17.9 Å². The summed E-state index contributed by atoms with van der Waals surface area (Å²) in [5, 5.41) is 5.51. The lowest BCUT2D eigenvalue weighted by Gasteiger charge is -2.24. The van der Waals surface area contributed by atoms with Gasteiger partial charge in [-0.15, -0.1) is 0 Å². The summed E-state index contributed by atoms with van der Waals surface area (Å²) in [4.78, 5) is 16.8. The van der Waals surface area contributed by atoms with Crippen molar-refractivity contribution in [2.75, 3.05) is 7.11 Å². The van der Waals surface area contributed by atoms with E-state index in [0.29, 0.717) is 33.7 Å². The number of ether oxygens (including phenoxy) is 1. The number of hydrogen-bond acceptors (Lipinski definition) is 5. The van der Waals surface area contributed by atoms with E-state index in [2.05, 4.69) is 20.9 Å². The molecule has 0 amide bonds. The zero-order valence-corrected chi connectivity index (χ0v) is 23.8. The van der Waals surface area contributed by atoms with E-state index < -0.39 is 16.1 Å². The number of pyridine rings is 1. The molecule has 2 heterocycles. The number of hydrogen-bond donors (Lipinski definition) is 1. The second-order valence-electron chi connectivity index (χ2n) is 9.36. The molecule has 0 saturated carbocycles. The number of nitrogens with one attached hydrogen (secondary N) is 1. The normalized spacial score (nSPS) is 15.3. The molecule has 1 aliphatic heterocycles. The fourth-order valence-electron chi connectivity index (χ4n) is 5.18. The summed E-state index contributed by atoms with van der Waals surface area (Å²) in [7, 11) is -2.52. The monoisotopic (exact) mass is 613 g/mol. The van der Waals surface area contributed by atoms with E-state index in [-0.39, 0.29) is 16.9 Å². The van der Waals surface area contributed by atoms with Gasteiger partial charge in [0.1, 0.15) is 5.75 Å². The van der Waals surface area contributed by atoms with Crippen molar-refractivity contribution in [2.24, 2.45) is 5.10 Å². The van der Waals surface area contributed by atoms with Crippen molar-refractivity contribution in [2.45, 2.75) is 17.4 Å². The first-order valence-corrected chi connectivity index (χ1v) is 14.8. The Morgan fingerprint density at radius 2 is 1.57 bits per heavy atom. The minimum Gasteiger partial charge on any atom is -0.496 e. The van der Waals surface area contributed by atoms with Crippen LogP contribution < -0.4 is 10.3 Å². The highest BCUT2D eigenvalue weighted by molar-refractivity contribution is 9.10. The fourth-order valence-corrected chi connectivity index (χ4v) is 6.99. The number of sulfonamides is 1. The van der Waals surface area contributed by atoms with Gasteiger partial charge in [-0.05, 0) is 42.0 Å². The lowest BCUT2D eigenvalue weighted by atomic mass is 9.91. The maximum atomic E-state index is 14.0. The summed E-state index contributed by atoms with van der Waals surface area (Å²) in [5.41, 5.74) is 3.21. The molecule has 40 heavy (non-hydrogen) atoms. The average Bonchev–Trinajstić information content (AvgIpc) is 3.43. The van der Waals surface area contributed by atoms with Crippen molar-refractivity contribution in [1.82, 2.24) is 9.40 Å². The predicted octanol–water partition coefficient (Wildman–Crippen LogP) is 6.51. The van der Waals surface area contributed by atoms with Gasteiger partial charge in [0.25, 0.3) is 15.6 Å². The molecule has 0 spiro atoms. The van der Waals surface area contributed by atoms with Crippen LogP contribution in [-0.2, 0) is 10.0 Å². The largest absolute Gasteiger partial charge is 0.496 e. The molecule has 1 atom stereocenters. The van der Waals surface area contributed by atoms with Crippen LogP contribution in [0.2, 0.25) is 0 Å². The molecule has 200 valence electrons. The molecule has 0 unspecified atom stereocenters. The molecular weight excluding hydrogens is 590 g/mol. The summed E-state index contributed by atoms with van der Waals surface area (Å²) >= 11 is 3.56. The van der Waals surface area contributed by atoms with Gasteiger partial charge in [-0.3, -0.25) is 4.79 Å². The minimum absolute atomic E-state index is 0.111. The Bertz CT molecular complexity index is 1920. The molecule has 5 aromatic rings. The molecule has 6 rings (SSSR count). The summed E-state index contributed by atoms with van der Waals surface area (Å²) in [6.07, 6.45) is 0.175. The van der Waals surface area contributed by atoms with Crippen LogP contribution in [0, 0.1) is 0 Å². The number of halogens is 1. The van der Waals surface area contributed by atoms with E-state index in [1.165, 1.54) is 12.1 Å². The van der Waals surface area contributed by atoms with Crippen molar-refractivity contribution in [3.05, 3.63) is 129 Å². The smallest absolute Gasteiger partial charge is 0.279 e. The maximum Gasteiger partial charge on any atom is 0.279 e.